The highest BCUT2D eigenvalue weighted by molar-refractivity contribution is 7.80. The number of nitrogens with zero attached hydrogens (tertiary/aromatic N) is 1. The second-order valence-corrected chi connectivity index (χ2v) is 5.71. The van der Waals surface area contributed by atoms with Gasteiger partial charge in [0.05, 0.1) is 27.7 Å². The summed E-state index contributed by atoms with van der Waals surface area (Å²) in [6.45, 7) is 0.793. The maximum Gasteiger partial charge on any atom is 0.268 e. The number of hydrogen-bond acceptors (Lipinski definition) is 5. The lowest BCUT2D eigenvalue weighted by molar-refractivity contribution is -0.870. The number of hydrogen-bond donors (Lipinski definition) is 1. The van der Waals surface area contributed by atoms with Gasteiger partial charge in [-0.3, -0.25) is 4.57 Å². The molecule has 0 bridgehead atoms. The van der Waals surface area contributed by atoms with E-state index in [4.69, 9.17) is 0 Å². The zero-order valence-electron chi connectivity index (χ0n) is 8.80. The number of thiol groups is 1. The van der Waals surface area contributed by atoms with E-state index in [0.717, 1.165) is 0 Å². The molecule has 0 amide bonds. The Labute approximate surface area is 90.6 Å². The molecule has 0 saturated carbocycles. The Kier molecular flexibility index (Phi) is 6.28. The molecule has 0 spiro atoms. The van der Waals surface area contributed by atoms with Crippen molar-refractivity contribution in [1.82, 2.24) is 0 Å². The van der Waals surface area contributed by atoms with Crippen molar-refractivity contribution in [3.05, 3.63) is 0 Å². The first-order chi connectivity index (χ1) is 6.27. The van der Waals surface area contributed by atoms with Crippen molar-refractivity contribution in [2.24, 2.45) is 0 Å². The fourth-order valence-corrected chi connectivity index (χ4v) is 1.55. The first-order valence-electron chi connectivity index (χ1n) is 4.28. The summed E-state index contributed by atoms with van der Waals surface area (Å²) in [4.78, 5) is 11.0. The van der Waals surface area contributed by atoms with E-state index in [1.165, 1.54) is 0 Å². The molecule has 0 aromatic rings. The zero-order valence-corrected chi connectivity index (χ0v) is 10.6. The van der Waals surface area contributed by atoms with Gasteiger partial charge in [0.1, 0.15) is 13.2 Å². The molecule has 0 fully saturated rings. The molecule has 7 heteroatoms. The maximum absolute atomic E-state index is 11.0. The minimum atomic E-state index is -4.10. The van der Waals surface area contributed by atoms with Gasteiger partial charge in [0.2, 0.25) is 0 Å². The Balaban J connectivity index is 3.71. The van der Waals surface area contributed by atoms with Crippen molar-refractivity contribution in [3.8, 4) is 0 Å². The molecule has 0 heterocycles. The zero-order chi connectivity index (χ0) is 11.2. The summed E-state index contributed by atoms with van der Waals surface area (Å²) >= 11 is 3.83. The van der Waals surface area contributed by atoms with Crippen molar-refractivity contribution >= 4 is 20.5 Å². The predicted octanol–water partition coefficient (Wildman–Crippen LogP) is 0.124. The Bertz CT molecular complexity index is 206. The SMILES string of the molecule is C[N+](C)(C)CCOP(=O)([O-])OCCS. The molecule has 0 rings (SSSR count). The highest BCUT2D eigenvalue weighted by Crippen LogP contribution is 2.37. The van der Waals surface area contributed by atoms with Gasteiger partial charge in [-0.2, -0.15) is 12.6 Å². The number of phosphoric acid groups is 1. The topological polar surface area (TPSA) is 58.6 Å². The third-order valence-electron chi connectivity index (χ3n) is 1.35. The molecule has 0 aliphatic heterocycles. The van der Waals surface area contributed by atoms with Gasteiger partial charge < -0.3 is 18.4 Å². The van der Waals surface area contributed by atoms with Gasteiger partial charge in [0, 0.05) is 5.75 Å². The molecule has 0 N–H and O–H groups in total. The average Bonchev–Trinajstić information content (AvgIpc) is 1.98. The molecular formula is C7H18NO4PS. The van der Waals surface area contributed by atoms with E-state index in [1.807, 2.05) is 21.1 Å². The summed E-state index contributed by atoms with van der Waals surface area (Å²) < 4.78 is 20.8. The van der Waals surface area contributed by atoms with Gasteiger partial charge in [0.25, 0.3) is 7.82 Å². The highest BCUT2D eigenvalue weighted by atomic mass is 32.1. The van der Waals surface area contributed by atoms with Crippen LogP contribution in [-0.2, 0) is 13.6 Å². The third-order valence-corrected chi connectivity index (χ3v) is 2.53. The Morgan fingerprint density at radius 2 is 1.79 bits per heavy atom. The first kappa shape index (κ1) is 14.4. The Hall–Kier alpha value is 0.420. The van der Waals surface area contributed by atoms with Crippen LogP contribution in [0, 0.1) is 0 Å². The van der Waals surface area contributed by atoms with E-state index in [0.29, 0.717) is 16.8 Å². The number of likely N-dealkylation sites (N-methyl/N-ethyl adjacent to an activating group) is 1. The van der Waals surface area contributed by atoms with Crippen LogP contribution in [0.15, 0.2) is 0 Å². The van der Waals surface area contributed by atoms with Crippen LogP contribution in [0.5, 0.6) is 0 Å². The Morgan fingerprint density at radius 1 is 1.29 bits per heavy atom. The van der Waals surface area contributed by atoms with Crippen LogP contribution in [0.3, 0.4) is 0 Å². The molecule has 0 radical (unpaired) electrons. The fourth-order valence-electron chi connectivity index (χ4n) is 0.616. The molecular weight excluding hydrogens is 225 g/mol. The van der Waals surface area contributed by atoms with Crippen molar-refractivity contribution in [1.29, 1.82) is 0 Å². The maximum atomic E-state index is 11.0. The molecule has 1 unspecified atom stereocenters. The van der Waals surface area contributed by atoms with E-state index >= 15 is 0 Å². The lowest BCUT2D eigenvalue weighted by Gasteiger charge is -2.27. The van der Waals surface area contributed by atoms with Crippen LogP contribution in [0.2, 0.25) is 0 Å². The number of phosphoric ester groups is 1. The summed E-state index contributed by atoms with van der Waals surface area (Å²) in [6, 6.07) is 0. The summed E-state index contributed by atoms with van der Waals surface area (Å²) in [7, 11) is 1.75. The quantitative estimate of drug-likeness (QED) is 0.392. The number of rotatable bonds is 7. The molecule has 86 valence electrons. The highest BCUT2D eigenvalue weighted by Gasteiger charge is 2.12. The molecule has 5 nitrogen and oxygen atoms in total. The molecule has 1 atom stereocenters. The van der Waals surface area contributed by atoms with Crippen LogP contribution in [0.1, 0.15) is 0 Å². The average molecular weight is 243 g/mol. The van der Waals surface area contributed by atoms with E-state index < -0.39 is 7.82 Å². The van der Waals surface area contributed by atoms with E-state index in [1.54, 1.807) is 0 Å². The lowest BCUT2D eigenvalue weighted by atomic mass is 10.5. The van der Waals surface area contributed by atoms with E-state index in [-0.39, 0.29) is 13.2 Å². The van der Waals surface area contributed by atoms with Crippen LogP contribution in [0.25, 0.3) is 0 Å². The van der Waals surface area contributed by atoms with Gasteiger partial charge in [0.15, 0.2) is 0 Å². The molecule has 0 aromatic carbocycles. The van der Waals surface area contributed by atoms with Gasteiger partial charge >= 0.3 is 0 Å². The van der Waals surface area contributed by atoms with Gasteiger partial charge in [-0.25, -0.2) is 0 Å². The minimum Gasteiger partial charge on any atom is -0.756 e. The second-order valence-electron chi connectivity index (χ2n) is 3.85. The van der Waals surface area contributed by atoms with E-state index in [9.17, 15) is 9.46 Å². The third kappa shape index (κ3) is 8.99. The molecule has 0 aliphatic rings. The van der Waals surface area contributed by atoms with Crippen LogP contribution >= 0.6 is 20.5 Å². The van der Waals surface area contributed by atoms with Gasteiger partial charge in [-0.15, -0.1) is 0 Å². The smallest absolute Gasteiger partial charge is 0.268 e. The minimum absolute atomic E-state index is 0.0499. The largest absolute Gasteiger partial charge is 0.756 e. The van der Waals surface area contributed by atoms with Crippen molar-refractivity contribution in [3.63, 3.8) is 0 Å². The van der Waals surface area contributed by atoms with Gasteiger partial charge in [-0.1, -0.05) is 0 Å². The summed E-state index contributed by atoms with van der Waals surface area (Å²) in [5.74, 6) is 0.352. The summed E-state index contributed by atoms with van der Waals surface area (Å²) in [5.41, 5.74) is 0. The molecule has 14 heavy (non-hydrogen) atoms. The monoisotopic (exact) mass is 243 g/mol. The lowest BCUT2D eigenvalue weighted by Crippen LogP contribution is -2.37. The first-order valence-corrected chi connectivity index (χ1v) is 6.37. The molecule has 0 saturated heterocycles. The molecule has 0 aromatic heterocycles. The fraction of sp³-hybridized carbons (Fsp3) is 1.00. The van der Waals surface area contributed by atoms with Crippen molar-refractivity contribution in [2.45, 2.75) is 0 Å². The van der Waals surface area contributed by atoms with Crippen LogP contribution in [0.4, 0.5) is 0 Å². The van der Waals surface area contributed by atoms with E-state index in [2.05, 4.69) is 21.7 Å². The van der Waals surface area contributed by atoms with Gasteiger partial charge in [-0.05, 0) is 0 Å². The normalized spacial score (nSPS) is 16.6. The van der Waals surface area contributed by atoms with Crippen molar-refractivity contribution in [2.75, 3.05) is 46.7 Å². The Morgan fingerprint density at radius 3 is 2.21 bits per heavy atom. The van der Waals surface area contributed by atoms with Crippen LogP contribution in [-0.4, -0.2) is 51.1 Å². The van der Waals surface area contributed by atoms with Crippen molar-refractivity contribution < 1.29 is 23.0 Å². The second kappa shape index (κ2) is 6.10. The summed E-state index contributed by atoms with van der Waals surface area (Å²) in [5, 5.41) is 0. The summed E-state index contributed by atoms with van der Waals surface area (Å²) in [6.07, 6.45) is 0. The number of quaternary nitrogens is 1. The van der Waals surface area contributed by atoms with Crippen LogP contribution < -0.4 is 4.89 Å². The standard InChI is InChI=1S/C7H18NO4PS/c1-8(2,3)4-5-11-13(9,10)12-6-7-14/h4-7H2,1-3H3,(H-,9,10,14). The predicted molar refractivity (Wildman–Crippen MR) is 56.3 cm³/mol. The molecule has 0 aliphatic carbocycles.